The summed E-state index contributed by atoms with van der Waals surface area (Å²) in [7, 11) is 0. The van der Waals surface area contributed by atoms with Crippen LogP contribution in [0.3, 0.4) is 0 Å². The number of ketones is 1. The molecule has 1 aromatic rings. The van der Waals surface area contributed by atoms with Gasteiger partial charge >= 0.3 is 0 Å². The maximum atomic E-state index is 12.1. The van der Waals surface area contributed by atoms with Gasteiger partial charge in [-0.2, -0.15) is 0 Å². The number of hydrogen-bond donors (Lipinski definition) is 0. The molecule has 0 bridgehead atoms. The van der Waals surface area contributed by atoms with Gasteiger partial charge in [0.05, 0.1) is 16.8 Å². The van der Waals surface area contributed by atoms with Crippen LogP contribution in [0.1, 0.15) is 27.1 Å². The molecular formula is C14H9NO3. The number of benzene rings is 1. The molecule has 1 heterocycles. The highest BCUT2D eigenvalue weighted by atomic mass is 16.2. The second-order valence-electron chi connectivity index (χ2n) is 4.13. The van der Waals surface area contributed by atoms with E-state index in [0.717, 1.165) is 4.90 Å². The predicted molar refractivity (Wildman–Crippen MR) is 63.8 cm³/mol. The fourth-order valence-corrected chi connectivity index (χ4v) is 2.13. The molecule has 4 nitrogen and oxygen atoms in total. The van der Waals surface area contributed by atoms with Gasteiger partial charge < -0.3 is 0 Å². The molecule has 0 saturated heterocycles. The highest BCUT2D eigenvalue weighted by molar-refractivity contribution is 6.23. The van der Waals surface area contributed by atoms with E-state index < -0.39 is 0 Å². The molecule has 2 aliphatic rings. The summed E-state index contributed by atoms with van der Waals surface area (Å²) in [5.41, 5.74) is 1.11. The number of rotatable bonds is 1. The molecular weight excluding hydrogens is 230 g/mol. The van der Waals surface area contributed by atoms with Gasteiger partial charge in [0.1, 0.15) is 0 Å². The van der Waals surface area contributed by atoms with Crippen molar-refractivity contribution in [2.24, 2.45) is 0 Å². The lowest BCUT2D eigenvalue weighted by atomic mass is 10.1. The minimum absolute atomic E-state index is 0.107. The van der Waals surface area contributed by atoms with Crippen molar-refractivity contribution in [1.29, 1.82) is 0 Å². The minimum Gasteiger partial charge on any atom is -0.294 e. The van der Waals surface area contributed by atoms with Crippen LogP contribution in [-0.2, 0) is 4.79 Å². The molecule has 3 rings (SSSR count). The summed E-state index contributed by atoms with van der Waals surface area (Å²) < 4.78 is 0. The van der Waals surface area contributed by atoms with Crippen molar-refractivity contribution < 1.29 is 14.4 Å². The fraction of sp³-hybridized carbons (Fsp3) is 0.0714. The van der Waals surface area contributed by atoms with Gasteiger partial charge in [0.15, 0.2) is 5.78 Å². The highest BCUT2D eigenvalue weighted by Crippen LogP contribution is 2.27. The fourth-order valence-electron chi connectivity index (χ4n) is 2.13. The van der Waals surface area contributed by atoms with Crippen LogP contribution in [0.5, 0.6) is 0 Å². The van der Waals surface area contributed by atoms with Gasteiger partial charge in [-0.05, 0) is 18.2 Å². The average molecular weight is 239 g/mol. The average Bonchev–Trinajstić information content (AvgIpc) is 2.63. The molecule has 18 heavy (non-hydrogen) atoms. The number of allylic oxidation sites excluding steroid dienone is 3. The zero-order chi connectivity index (χ0) is 12.7. The van der Waals surface area contributed by atoms with E-state index in [4.69, 9.17) is 0 Å². The van der Waals surface area contributed by atoms with Crippen LogP contribution in [-0.4, -0.2) is 22.5 Å². The smallest absolute Gasteiger partial charge is 0.266 e. The predicted octanol–water partition coefficient (Wildman–Crippen LogP) is 1.70. The second-order valence-corrected chi connectivity index (χ2v) is 4.13. The zero-order valence-electron chi connectivity index (χ0n) is 9.42. The minimum atomic E-state index is -0.374. The molecule has 0 N–H and O–H groups in total. The van der Waals surface area contributed by atoms with Crippen LogP contribution >= 0.6 is 0 Å². The van der Waals surface area contributed by atoms with Crippen molar-refractivity contribution in [2.45, 2.75) is 6.42 Å². The Hall–Kier alpha value is -2.49. The Bertz CT molecular complexity index is 605. The van der Waals surface area contributed by atoms with E-state index >= 15 is 0 Å². The Kier molecular flexibility index (Phi) is 2.23. The summed E-state index contributed by atoms with van der Waals surface area (Å²) in [4.78, 5) is 36.7. The first-order valence-electron chi connectivity index (χ1n) is 5.57. The molecule has 0 atom stereocenters. The van der Waals surface area contributed by atoms with Crippen LogP contribution < -0.4 is 0 Å². The van der Waals surface area contributed by atoms with Crippen molar-refractivity contribution in [3.05, 3.63) is 59.3 Å². The Labute approximate surface area is 103 Å². The third kappa shape index (κ3) is 1.43. The summed E-state index contributed by atoms with van der Waals surface area (Å²) in [6, 6.07) is 6.66. The molecule has 0 saturated carbocycles. The standard InChI is InChI=1S/C14H9NO3/c16-10-5-3-4-9(8-10)15-13(17)11-6-1-2-7-12(11)14(15)18/h1-4,6-8H,5H2. The SMILES string of the molecule is O=C1C=C(N2C(=O)c3ccccc3C2=O)C=CC1. The summed E-state index contributed by atoms with van der Waals surface area (Å²) in [6.07, 6.45) is 4.93. The summed E-state index contributed by atoms with van der Waals surface area (Å²) >= 11 is 0. The lowest BCUT2D eigenvalue weighted by Gasteiger charge is -2.16. The number of nitrogens with zero attached hydrogens (tertiary/aromatic N) is 1. The van der Waals surface area contributed by atoms with Crippen molar-refractivity contribution in [3.63, 3.8) is 0 Å². The normalized spacial score (nSPS) is 18.1. The third-order valence-electron chi connectivity index (χ3n) is 2.97. The maximum Gasteiger partial charge on any atom is 0.266 e. The number of imide groups is 1. The Morgan fingerprint density at radius 1 is 0.944 bits per heavy atom. The van der Waals surface area contributed by atoms with E-state index in [2.05, 4.69) is 0 Å². The van der Waals surface area contributed by atoms with Gasteiger partial charge in [0.2, 0.25) is 0 Å². The number of carbonyl (C=O) groups excluding carboxylic acids is 3. The van der Waals surface area contributed by atoms with Crippen molar-refractivity contribution in [1.82, 2.24) is 4.90 Å². The van der Waals surface area contributed by atoms with Crippen molar-refractivity contribution in [3.8, 4) is 0 Å². The van der Waals surface area contributed by atoms with E-state index in [0.29, 0.717) is 23.2 Å². The summed E-state index contributed by atoms with van der Waals surface area (Å²) in [5, 5.41) is 0. The van der Waals surface area contributed by atoms with Crippen molar-refractivity contribution in [2.75, 3.05) is 0 Å². The molecule has 2 amide bonds. The maximum absolute atomic E-state index is 12.1. The van der Waals surface area contributed by atoms with Gasteiger partial charge in [0, 0.05) is 12.5 Å². The first kappa shape index (κ1) is 10.7. The quantitative estimate of drug-likeness (QED) is 0.701. The van der Waals surface area contributed by atoms with Crippen LogP contribution in [0.2, 0.25) is 0 Å². The van der Waals surface area contributed by atoms with Gasteiger partial charge in [0.25, 0.3) is 11.8 Å². The third-order valence-corrected chi connectivity index (χ3v) is 2.97. The molecule has 4 heteroatoms. The number of amides is 2. The van der Waals surface area contributed by atoms with Gasteiger partial charge in [-0.3, -0.25) is 14.4 Å². The molecule has 0 aromatic heterocycles. The van der Waals surface area contributed by atoms with Crippen LogP contribution in [0.25, 0.3) is 0 Å². The van der Waals surface area contributed by atoms with Gasteiger partial charge in [-0.25, -0.2) is 4.90 Å². The molecule has 88 valence electrons. The molecule has 1 aliphatic heterocycles. The first-order valence-corrected chi connectivity index (χ1v) is 5.57. The van der Waals surface area contributed by atoms with E-state index in [1.807, 2.05) is 0 Å². The second kappa shape index (κ2) is 3.77. The van der Waals surface area contributed by atoms with E-state index in [9.17, 15) is 14.4 Å². The van der Waals surface area contributed by atoms with Crippen LogP contribution in [0.15, 0.2) is 48.2 Å². The number of carbonyl (C=O) groups is 3. The lowest BCUT2D eigenvalue weighted by Crippen LogP contribution is -2.29. The van der Waals surface area contributed by atoms with Gasteiger partial charge in [-0.1, -0.05) is 18.2 Å². The highest BCUT2D eigenvalue weighted by Gasteiger charge is 2.37. The summed E-state index contributed by atoms with van der Waals surface area (Å²) in [5.74, 6) is -0.855. The molecule has 1 aromatic carbocycles. The lowest BCUT2D eigenvalue weighted by molar-refractivity contribution is -0.114. The number of fused-ring (bicyclic) bond motifs is 1. The monoisotopic (exact) mass is 239 g/mol. The Morgan fingerprint density at radius 3 is 2.11 bits per heavy atom. The van der Waals surface area contributed by atoms with E-state index in [1.165, 1.54) is 6.08 Å². The molecule has 0 fully saturated rings. The van der Waals surface area contributed by atoms with E-state index in [1.54, 1.807) is 36.4 Å². The van der Waals surface area contributed by atoms with Gasteiger partial charge in [-0.15, -0.1) is 0 Å². The van der Waals surface area contributed by atoms with Crippen LogP contribution in [0.4, 0.5) is 0 Å². The molecule has 1 aliphatic carbocycles. The molecule has 0 unspecified atom stereocenters. The topological polar surface area (TPSA) is 54.5 Å². The Balaban J connectivity index is 2.08. The first-order chi connectivity index (χ1) is 8.68. The largest absolute Gasteiger partial charge is 0.294 e. The van der Waals surface area contributed by atoms with Crippen molar-refractivity contribution >= 4 is 17.6 Å². The molecule has 0 spiro atoms. The molecule has 0 radical (unpaired) electrons. The van der Waals surface area contributed by atoms with E-state index in [-0.39, 0.29) is 17.6 Å². The van der Waals surface area contributed by atoms with Crippen LogP contribution in [0, 0.1) is 0 Å². The Morgan fingerprint density at radius 2 is 1.56 bits per heavy atom. The summed E-state index contributed by atoms with van der Waals surface area (Å²) in [6.45, 7) is 0. The number of hydrogen-bond acceptors (Lipinski definition) is 3. The zero-order valence-corrected chi connectivity index (χ0v) is 9.42.